The van der Waals surface area contributed by atoms with E-state index >= 15 is 0 Å². The van der Waals surface area contributed by atoms with Crippen molar-refractivity contribution in [3.8, 4) is 0 Å². The molecule has 0 radical (unpaired) electrons. The number of nitrogens with one attached hydrogen (secondary N) is 1. The topological polar surface area (TPSA) is 51.5 Å². The summed E-state index contributed by atoms with van der Waals surface area (Å²) in [7, 11) is 1.37. The highest BCUT2D eigenvalue weighted by Gasteiger charge is 2.12. The molecule has 19 heavy (non-hydrogen) atoms. The molecule has 0 amide bonds. The number of aryl methyl sites for hydroxylation is 1. The molecule has 0 saturated heterocycles. The maximum atomic E-state index is 11.7. The third-order valence-electron chi connectivity index (χ3n) is 2.66. The minimum absolute atomic E-state index is 0.355. The highest BCUT2D eigenvalue weighted by molar-refractivity contribution is 9.10. The Morgan fingerprint density at radius 3 is 2.79 bits per heavy atom. The monoisotopic (exact) mass is 323 g/mol. The first-order valence-corrected chi connectivity index (χ1v) is 6.56. The fraction of sp³-hybridized carbons (Fsp3) is 0.214. The summed E-state index contributed by atoms with van der Waals surface area (Å²) in [6.45, 7) is 2.43. The molecule has 0 unspecified atom stereocenters. The van der Waals surface area contributed by atoms with Crippen molar-refractivity contribution in [1.29, 1.82) is 0 Å². The van der Waals surface area contributed by atoms with E-state index in [2.05, 4.69) is 21.2 Å². The van der Waals surface area contributed by atoms with Crippen LogP contribution in [-0.4, -0.2) is 13.1 Å². The third-order valence-corrected chi connectivity index (χ3v) is 3.09. The van der Waals surface area contributed by atoms with E-state index < -0.39 is 0 Å². The molecule has 5 heteroatoms. The Hall–Kier alpha value is -1.75. The second-order valence-electron chi connectivity index (χ2n) is 4.10. The van der Waals surface area contributed by atoms with Crippen LogP contribution >= 0.6 is 15.9 Å². The molecule has 1 heterocycles. The molecule has 100 valence electrons. The summed E-state index contributed by atoms with van der Waals surface area (Å²) in [4.78, 5) is 11.7. The molecule has 0 aliphatic carbocycles. The van der Waals surface area contributed by atoms with E-state index in [1.807, 2.05) is 31.2 Å². The largest absolute Gasteiger partial charge is 0.465 e. The molecule has 4 nitrogen and oxygen atoms in total. The van der Waals surface area contributed by atoms with Crippen LogP contribution in [0.15, 0.2) is 39.4 Å². The molecule has 0 aliphatic rings. The van der Waals surface area contributed by atoms with Crippen LogP contribution in [0, 0.1) is 6.92 Å². The van der Waals surface area contributed by atoms with Gasteiger partial charge in [0.2, 0.25) is 0 Å². The number of benzene rings is 1. The van der Waals surface area contributed by atoms with E-state index in [-0.39, 0.29) is 5.97 Å². The number of methoxy groups -OCH3 is 1. The molecule has 0 saturated carbocycles. The van der Waals surface area contributed by atoms with E-state index in [1.165, 1.54) is 7.11 Å². The van der Waals surface area contributed by atoms with Crippen molar-refractivity contribution in [2.24, 2.45) is 0 Å². The van der Waals surface area contributed by atoms with Gasteiger partial charge in [0.15, 0.2) is 4.67 Å². The molecular weight excluding hydrogens is 310 g/mol. The van der Waals surface area contributed by atoms with E-state index in [0.717, 1.165) is 17.0 Å². The van der Waals surface area contributed by atoms with Crippen molar-refractivity contribution in [3.63, 3.8) is 0 Å². The van der Waals surface area contributed by atoms with E-state index in [0.29, 0.717) is 16.8 Å². The SMILES string of the molecule is COC(=O)c1cc(C)ccc1NCc1ccc(Br)o1. The molecule has 0 fully saturated rings. The van der Waals surface area contributed by atoms with Gasteiger partial charge in [-0.1, -0.05) is 11.6 Å². The number of esters is 1. The number of rotatable bonds is 4. The molecular formula is C14H14BrNO3. The van der Waals surface area contributed by atoms with Crippen LogP contribution < -0.4 is 5.32 Å². The summed E-state index contributed by atoms with van der Waals surface area (Å²) in [5.74, 6) is 0.426. The van der Waals surface area contributed by atoms with Gasteiger partial charge in [-0.15, -0.1) is 0 Å². The van der Waals surface area contributed by atoms with Crippen molar-refractivity contribution >= 4 is 27.6 Å². The minimum Gasteiger partial charge on any atom is -0.465 e. The van der Waals surface area contributed by atoms with Crippen LogP contribution in [0.25, 0.3) is 0 Å². The van der Waals surface area contributed by atoms with Crippen molar-refractivity contribution in [2.45, 2.75) is 13.5 Å². The second kappa shape index (κ2) is 5.93. The Morgan fingerprint density at radius 1 is 1.37 bits per heavy atom. The van der Waals surface area contributed by atoms with Crippen LogP contribution in [0.5, 0.6) is 0 Å². The van der Waals surface area contributed by atoms with Crippen LogP contribution in [0.2, 0.25) is 0 Å². The molecule has 0 bridgehead atoms. The van der Waals surface area contributed by atoms with Gasteiger partial charge >= 0.3 is 5.97 Å². The Bertz CT molecular complexity index is 592. The van der Waals surface area contributed by atoms with Crippen molar-refractivity contribution in [3.05, 3.63) is 51.9 Å². The predicted molar refractivity (Wildman–Crippen MR) is 76.3 cm³/mol. The van der Waals surface area contributed by atoms with Gasteiger partial charge in [-0.25, -0.2) is 4.79 Å². The number of hydrogen-bond acceptors (Lipinski definition) is 4. The Morgan fingerprint density at radius 2 is 2.16 bits per heavy atom. The van der Waals surface area contributed by atoms with E-state index in [4.69, 9.17) is 9.15 Å². The van der Waals surface area contributed by atoms with Gasteiger partial charge in [0, 0.05) is 5.69 Å². The zero-order valence-electron chi connectivity index (χ0n) is 10.7. The maximum absolute atomic E-state index is 11.7. The standard InChI is InChI=1S/C14H14BrNO3/c1-9-3-5-12(11(7-9)14(17)18-2)16-8-10-4-6-13(15)19-10/h3-7,16H,8H2,1-2H3. The van der Waals surface area contributed by atoms with Crippen LogP contribution in [0.3, 0.4) is 0 Å². The number of carbonyl (C=O) groups excluding carboxylic acids is 1. The van der Waals surface area contributed by atoms with Gasteiger partial charge in [0.25, 0.3) is 0 Å². The quantitative estimate of drug-likeness (QED) is 0.870. The molecule has 2 rings (SSSR count). The van der Waals surface area contributed by atoms with Gasteiger partial charge < -0.3 is 14.5 Å². The predicted octanol–water partition coefficient (Wildman–Crippen LogP) is 3.75. The number of furan rings is 1. The Labute approximate surface area is 119 Å². The minimum atomic E-state index is -0.355. The summed E-state index contributed by atoms with van der Waals surface area (Å²) in [6.07, 6.45) is 0. The normalized spacial score (nSPS) is 10.3. The van der Waals surface area contributed by atoms with Crippen LogP contribution in [0.1, 0.15) is 21.7 Å². The lowest BCUT2D eigenvalue weighted by molar-refractivity contribution is 0.0601. The Balaban J connectivity index is 2.17. The lowest BCUT2D eigenvalue weighted by Gasteiger charge is -2.10. The first-order valence-electron chi connectivity index (χ1n) is 5.77. The molecule has 1 aromatic carbocycles. The number of carbonyl (C=O) groups is 1. The molecule has 0 atom stereocenters. The molecule has 1 aromatic heterocycles. The van der Waals surface area contributed by atoms with Gasteiger partial charge in [0.05, 0.1) is 19.2 Å². The fourth-order valence-electron chi connectivity index (χ4n) is 1.72. The number of hydrogen-bond donors (Lipinski definition) is 1. The molecule has 0 aliphatic heterocycles. The van der Waals surface area contributed by atoms with Crippen molar-refractivity contribution < 1.29 is 13.9 Å². The number of halogens is 1. The number of ether oxygens (including phenoxy) is 1. The summed E-state index contributed by atoms with van der Waals surface area (Å²) < 4.78 is 10.9. The second-order valence-corrected chi connectivity index (χ2v) is 4.88. The van der Waals surface area contributed by atoms with Crippen molar-refractivity contribution in [2.75, 3.05) is 12.4 Å². The average molecular weight is 324 g/mol. The van der Waals surface area contributed by atoms with Gasteiger partial charge in [-0.3, -0.25) is 0 Å². The van der Waals surface area contributed by atoms with E-state index in [9.17, 15) is 4.79 Å². The lowest BCUT2D eigenvalue weighted by atomic mass is 10.1. The average Bonchev–Trinajstić information content (AvgIpc) is 2.82. The maximum Gasteiger partial charge on any atom is 0.339 e. The molecule has 1 N–H and O–H groups in total. The first kappa shape index (κ1) is 13.7. The first-order chi connectivity index (χ1) is 9.10. The molecule has 2 aromatic rings. The Kier molecular flexibility index (Phi) is 4.27. The van der Waals surface area contributed by atoms with Gasteiger partial charge in [-0.2, -0.15) is 0 Å². The zero-order valence-corrected chi connectivity index (χ0v) is 12.3. The zero-order chi connectivity index (χ0) is 13.8. The summed E-state index contributed by atoms with van der Waals surface area (Å²) >= 11 is 3.25. The highest BCUT2D eigenvalue weighted by atomic mass is 79.9. The van der Waals surface area contributed by atoms with Gasteiger partial charge in [-0.05, 0) is 47.1 Å². The summed E-state index contributed by atoms with van der Waals surface area (Å²) in [6, 6.07) is 9.29. The fourth-order valence-corrected chi connectivity index (χ4v) is 2.06. The van der Waals surface area contributed by atoms with Crippen LogP contribution in [-0.2, 0) is 11.3 Å². The van der Waals surface area contributed by atoms with Gasteiger partial charge in [0.1, 0.15) is 5.76 Å². The highest BCUT2D eigenvalue weighted by Crippen LogP contribution is 2.20. The number of anilines is 1. The molecule has 0 spiro atoms. The summed E-state index contributed by atoms with van der Waals surface area (Å²) in [5, 5.41) is 3.17. The smallest absolute Gasteiger partial charge is 0.339 e. The lowest BCUT2D eigenvalue weighted by Crippen LogP contribution is -2.08. The van der Waals surface area contributed by atoms with Crippen molar-refractivity contribution in [1.82, 2.24) is 0 Å². The third kappa shape index (κ3) is 3.38. The van der Waals surface area contributed by atoms with E-state index in [1.54, 1.807) is 6.07 Å². The van der Waals surface area contributed by atoms with Crippen LogP contribution in [0.4, 0.5) is 5.69 Å². The summed E-state index contributed by atoms with van der Waals surface area (Å²) in [5.41, 5.74) is 2.25.